The second-order valence-electron chi connectivity index (χ2n) is 5.67. The predicted molar refractivity (Wildman–Crippen MR) is 89.7 cm³/mol. The summed E-state index contributed by atoms with van der Waals surface area (Å²) >= 11 is 0.367. The molecule has 0 radical (unpaired) electrons. The van der Waals surface area contributed by atoms with E-state index in [0.717, 1.165) is 0 Å². The minimum Gasteiger partial charge on any atom is -0.480 e. The fourth-order valence-corrected chi connectivity index (χ4v) is 2.49. The van der Waals surface area contributed by atoms with Gasteiger partial charge < -0.3 is 15.7 Å². The average Bonchev–Trinajstić information content (AvgIpc) is 2.51. The molecule has 25 heavy (non-hydrogen) atoms. The number of carbonyl (C=O) groups is 3. The molecule has 6 nitrogen and oxygen atoms in total. The van der Waals surface area contributed by atoms with Gasteiger partial charge in [-0.05, 0) is 36.6 Å². The number of amides is 2. The fourth-order valence-electron chi connectivity index (χ4n) is 1.99. The topological polar surface area (TPSA) is 95.5 Å². The van der Waals surface area contributed by atoms with E-state index in [0.29, 0.717) is 16.7 Å². The molecule has 0 aliphatic heterocycles. The third-order valence-electron chi connectivity index (χ3n) is 3.09. The van der Waals surface area contributed by atoms with Crippen LogP contribution in [0.25, 0.3) is 0 Å². The molecule has 3 N–H and O–H groups in total. The summed E-state index contributed by atoms with van der Waals surface area (Å²) < 4.78 is 24.5. The van der Waals surface area contributed by atoms with Crippen LogP contribution >= 0.6 is 11.8 Å². The molecule has 0 bridgehead atoms. The summed E-state index contributed by atoms with van der Waals surface area (Å²) in [6.07, 6.45) is 0.276. The van der Waals surface area contributed by atoms with Crippen molar-refractivity contribution in [1.82, 2.24) is 10.6 Å². The van der Waals surface area contributed by atoms with Crippen LogP contribution in [0.2, 0.25) is 0 Å². The number of alkyl halides is 2. The van der Waals surface area contributed by atoms with Crippen molar-refractivity contribution in [2.45, 2.75) is 37.0 Å². The van der Waals surface area contributed by atoms with Crippen molar-refractivity contribution in [2.24, 2.45) is 5.92 Å². The minimum atomic E-state index is -2.55. The Bertz CT molecular complexity index is 609. The molecular weight excluding hydrogens is 354 g/mol. The first-order valence-electron chi connectivity index (χ1n) is 7.54. The maximum Gasteiger partial charge on any atom is 0.326 e. The molecule has 0 spiro atoms. The van der Waals surface area contributed by atoms with Gasteiger partial charge in [0, 0.05) is 10.5 Å². The maximum absolute atomic E-state index is 12.2. The molecule has 9 heteroatoms. The van der Waals surface area contributed by atoms with E-state index < -0.39 is 29.6 Å². The van der Waals surface area contributed by atoms with Crippen LogP contribution in [0.15, 0.2) is 29.2 Å². The smallest absolute Gasteiger partial charge is 0.326 e. The molecule has 1 aromatic carbocycles. The lowest BCUT2D eigenvalue weighted by atomic mass is 10.0. The number of halogens is 2. The number of nitrogens with one attached hydrogen (secondary N) is 2. The zero-order valence-electron chi connectivity index (χ0n) is 13.8. The lowest BCUT2D eigenvalue weighted by molar-refractivity contribution is -0.142. The fraction of sp³-hybridized carbons (Fsp3) is 0.438. The number of benzene rings is 1. The zero-order chi connectivity index (χ0) is 19.0. The van der Waals surface area contributed by atoms with E-state index in [1.54, 1.807) is 0 Å². The molecule has 138 valence electrons. The second kappa shape index (κ2) is 9.97. The van der Waals surface area contributed by atoms with Gasteiger partial charge in [0.15, 0.2) is 0 Å². The van der Waals surface area contributed by atoms with Gasteiger partial charge in [0.2, 0.25) is 5.91 Å². The van der Waals surface area contributed by atoms with E-state index in [9.17, 15) is 23.2 Å². The Kier molecular flexibility index (Phi) is 8.33. The minimum absolute atomic E-state index is 0.0839. The van der Waals surface area contributed by atoms with Gasteiger partial charge in [-0.3, -0.25) is 9.59 Å². The van der Waals surface area contributed by atoms with Gasteiger partial charge in [-0.15, -0.1) is 0 Å². The average molecular weight is 374 g/mol. The van der Waals surface area contributed by atoms with Gasteiger partial charge in [0.05, 0.1) is 6.54 Å². The van der Waals surface area contributed by atoms with E-state index in [1.807, 2.05) is 13.8 Å². The first-order chi connectivity index (χ1) is 11.7. The molecule has 2 amide bonds. The number of rotatable bonds is 9. The Labute approximate surface area is 148 Å². The van der Waals surface area contributed by atoms with Gasteiger partial charge in [-0.2, -0.15) is 8.78 Å². The standard InChI is InChI=1S/C16H20F2N2O4S/c1-9(2)7-12(15(23)24)20-13(21)8-19-14(22)10-3-5-11(6-4-10)25-16(17)18/h3-6,9,12,16H,7-8H2,1-2H3,(H,19,22)(H,20,21)(H,23,24)/t12-/m0/s1. The summed E-state index contributed by atoms with van der Waals surface area (Å²) in [4.78, 5) is 35.1. The highest BCUT2D eigenvalue weighted by atomic mass is 32.2. The third-order valence-corrected chi connectivity index (χ3v) is 3.81. The lowest BCUT2D eigenvalue weighted by Crippen LogP contribution is -2.46. The molecule has 0 fully saturated rings. The van der Waals surface area contributed by atoms with Crippen LogP contribution in [-0.4, -0.2) is 41.2 Å². The predicted octanol–water partition coefficient (Wildman–Crippen LogP) is 2.35. The highest BCUT2D eigenvalue weighted by Gasteiger charge is 2.21. The number of thioether (sulfide) groups is 1. The van der Waals surface area contributed by atoms with Crippen LogP contribution in [0, 0.1) is 5.92 Å². The normalized spacial score (nSPS) is 12.1. The van der Waals surface area contributed by atoms with E-state index in [4.69, 9.17) is 5.11 Å². The molecule has 0 aromatic heterocycles. The molecular formula is C16H20F2N2O4S. The quantitative estimate of drug-likeness (QED) is 0.577. The van der Waals surface area contributed by atoms with Crippen molar-refractivity contribution in [1.29, 1.82) is 0 Å². The van der Waals surface area contributed by atoms with Crippen LogP contribution < -0.4 is 10.6 Å². The van der Waals surface area contributed by atoms with Crippen molar-refractivity contribution in [3.8, 4) is 0 Å². The first-order valence-corrected chi connectivity index (χ1v) is 8.42. The molecule has 0 aliphatic carbocycles. The molecule has 1 rings (SSSR count). The SMILES string of the molecule is CC(C)C[C@H](NC(=O)CNC(=O)c1ccc(SC(F)F)cc1)C(=O)O. The van der Waals surface area contributed by atoms with E-state index in [2.05, 4.69) is 10.6 Å². The third kappa shape index (κ3) is 7.97. The van der Waals surface area contributed by atoms with Crippen LogP contribution in [0.5, 0.6) is 0 Å². The Morgan fingerprint density at radius 1 is 1.16 bits per heavy atom. The number of carboxylic acid groups (broad SMARTS) is 1. The molecule has 1 atom stereocenters. The summed E-state index contributed by atoms with van der Waals surface area (Å²) in [5.74, 6) is -4.77. The number of carbonyl (C=O) groups excluding carboxylic acids is 2. The Morgan fingerprint density at radius 3 is 2.24 bits per heavy atom. The number of carboxylic acids is 1. The largest absolute Gasteiger partial charge is 0.480 e. The van der Waals surface area contributed by atoms with Gasteiger partial charge in [0.25, 0.3) is 11.7 Å². The zero-order valence-corrected chi connectivity index (χ0v) is 14.6. The maximum atomic E-state index is 12.2. The van der Waals surface area contributed by atoms with Gasteiger partial charge in [-0.25, -0.2) is 4.79 Å². The van der Waals surface area contributed by atoms with Crippen LogP contribution in [0.1, 0.15) is 30.6 Å². The summed E-state index contributed by atoms with van der Waals surface area (Å²) in [5, 5.41) is 13.8. The van der Waals surface area contributed by atoms with Crippen molar-refractivity contribution < 1.29 is 28.3 Å². The molecule has 1 aromatic rings. The summed E-state index contributed by atoms with van der Waals surface area (Å²) in [7, 11) is 0. The lowest BCUT2D eigenvalue weighted by Gasteiger charge is -2.16. The highest BCUT2D eigenvalue weighted by Crippen LogP contribution is 2.25. The summed E-state index contributed by atoms with van der Waals surface area (Å²) in [6.45, 7) is 3.29. The molecule has 0 saturated carbocycles. The van der Waals surface area contributed by atoms with Crippen molar-refractivity contribution in [3.05, 3.63) is 29.8 Å². The van der Waals surface area contributed by atoms with Crippen LogP contribution in [0.4, 0.5) is 8.78 Å². The first kappa shape index (κ1) is 20.9. The van der Waals surface area contributed by atoms with E-state index >= 15 is 0 Å². The van der Waals surface area contributed by atoms with Crippen molar-refractivity contribution >= 4 is 29.5 Å². The number of aliphatic carboxylic acids is 1. The van der Waals surface area contributed by atoms with Crippen molar-refractivity contribution in [2.75, 3.05) is 6.54 Å². The molecule has 0 saturated heterocycles. The number of hydrogen-bond donors (Lipinski definition) is 3. The van der Waals surface area contributed by atoms with Crippen LogP contribution in [-0.2, 0) is 9.59 Å². The molecule has 0 unspecified atom stereocenters. The summed E-state index contributed by atoms with van der Waals surface area (Å²) in [5.41, 5.74) is 0.211. The monoisotopic (exact) mass is 374 g/mol. The number of hydrogen-bond acceptors (Lipinski definition) is 4. The second-order valence-corrected chi connectivity index (χ2v) is 6.74. The Morgan fingerprint density at radius 2 is 1.76 bits per heavy atom. The highest BCUT2D eigenvalue weighted by molar-refractivity contribution is 7.99. The van der Waals surface area contributed by atoms with Gasteiger partial charge in [0.1, 0.15) is 6.04 Å². The van der Waals surface area contributed by atoms with Crippen molar-refractivity contribution in [3.63, 3.8) is 0 Å². The molecule has 0 heterocycles. The van der Waals surface area contributed by atoms with Gasteiger partial charge >= 0.3 is 5.97 Å². The summed E-state index contributed by atoms with van der Waals surface area (Å²) in [6, 6.07) is 4.49. The van der Waals surface area contributed by atoms with Gasteiger partial charge in [-0.1, -0.05) is 25.6 Å². The Balaban J connectivity index is 2.52. The molecule has 0 aliphatic rings. The Hall–Kier alpha value is -2.16. The van der Waals surface area contributed by atoms with E-state index in [1.165, 1.54) is 24.3 Å². The van der Waals surface area contributed by atoms with Crippen LogP contribution in [0.3, 0.4) is 0 Å². The van der Waals surface area contributed by atoms with E-state index in [-0.39, 0.29) is 24.4 Å².